The molecule has 0 fully saturated rings. The van der Waals surface area contributed by atoms with Crippen LogP contribution in [0.15, 0.2) is 36.8 Å². The number of hydrogen-bond donors (Lipinski definition) is 0. The van der Waals surface area contributed by atoms with Crippen molar-refractivity contribution in [1.29, 1.82) is 0 Å². The molecule has 4 rings (SSSR count). The van der Waals surface area contributed by atoms with Crippen molar-refractivity contribution in [1.82, 2.24) is 19.8 Å². The SMILES string of the molecule is CC.CC.CN1Cc2cccnc2C1.CN1Cc2ccncc2C1. The third-order valence-electron chi connectivity index (χ3n) is 3.73. The molecule has 2 aromatic rings. The molecule has 0 spiro atoms. The van der Waals surface area contributed by atoms with Gasteiger partial charge in [0.05, 0.1) is 5.69 Å². The van der Waals surface area contributed by atoms with Gasteiger partial charge in [0.1, 0.15) is 0 Å². The maximum absolute atomic E-state index is 4.27. The smallest absolute Gasteiger partial charge is 0.0588 e. The molecule has 4 nitrogen and oxygen atoms in total. The van der Waals surface area contributed by atoms with Crippen LogP contribution in [0.3, 0.4) is 0 Å². The molecular weight excluding hydrogens is 296 g/mol. The zero-order valence-electron chi connectivity index (χ0n) is 16.1. The van der Waals surface area contributed by atoms with Crippen LogP contribution in [0.25, 0.3) is 0 Å². The molecule has 0 aromatic carbocycles. The van der Waals surface area contributed by atoms with Crippen molar-refractivity contribution in [3.8, 4) is 0 Å². The standard InChI is InChI=1S/2C8H10N2.2C2H6/c1-10-5-7-2-3-9-4-8(7)6-10;1-10-5-7-3-2-4-9-8(7)6-10;2*1-2/h2*2-4H,5-6H2,1H3;2*1-2H3. The molecule has 4 heteroatoms. The Morgan fingerprint density at radius 3 is 2.04 bits per heavy atom. The summed E-state index contributed by atoms with van der Waals surface area (Å²) in [5, 5.41) is 0. The van der Waals surface area contributed by atoms with Crippen LogP contribution in [0.2, 0.25) is 0 Å². The predicted molar refractivity (Wildman–Crippen MR) is 102 cm³/mol. The summed E-state index contributed by atoms with van der Waals surface area (Å²) in [4.78, 5) is 12.9. The largest absolute Gasteiger partial charge is 0.298 e. The fraction of sp³-hybridized carbons (Fsp3) is 0.500. The lowest BCUT2D eigenvalue weighted by atomic mass is 10.2. The van der Waals surface area contributed by atoms with E-state index >= 15 is 0 Å². The summed E-state index contributed by atoms with van der Waals surface area (Å²) in [5.74, 6) is 0. The van der Waals surface area contributed by atoms with Gasteiger partial charge in [-0.2, -0.15) is 0 Å². The molecule has 0 saturated carbocycles. The molecule has 4 heterocycles. The van der Waals surface area contributed by atoms with Crippen LogP contribution in [-0.4, -0.2) is 33.9 Å². The summed E-state index contributed by atoms with van der Waals surface area (Å²) in [6, 6.07) is 6.24. The van der Waals surface area contributed by atoms with E-state index in [0.717, 1.165) is 26.2 Å². The molecule has 0 radical (unpaired) electrons. The maximum atomic E-state index is 4.27. The zero-order chi connectivity index (χ0) is 17.9. The van der Waals surface area contributed by atoms with Gasteiger partial charge in [-0.05, 0) is 42.9 Å². The quantitative estimate of drug-likeness (QED) is 0.728. The topological polar surface area (TPSA) is 32.3 Å². The summed E-state index contributed by atoms with van der Waals surface area (Å²) >= 11 is 0. The highest BCUT2D eigenvalue weighted by molar-refractivity contribution is 5.26. The second kappa shape index (κ2) is 10.9. The highest BCUT2D eigenvalue weighted by Gasteiger charge is 2.15. The Kier molecular flexibility index (Phi) is 9.20. The summed E-state index contributed by atoms with van der Waals surface area (Å²) in [6.07, 6.45) is 5.68. The van der Waals surface area contributed by atoms with E-state index < -0.39 is 0 Å². The van der Waals surface area contributed by atoms with E-state index in [1.54, 1.807) is 0 Å². The number of hydrogen-bond acceptors (Lipinski definition) is 4. The lowest BCUT2D eigenvalue weighted by Gasteiger charge is -2.02. The molecule has 2 aliphatic heterocycles. The molecule has 0 unspecified atom stereocenters. The van der Waals surface area contributed by atoms with Crippen molar-refractivity contribution in [2.45, 2.75) is 53.9 Å². The molecule has 0 atom stereocenters. The average molecular weight is 329 g/mol. The summed E-state index contributed by atoms with van der Waals surface area (Å²) in [5.41, 5.74) is 5.43. The van der Waals surface area contributed by atoms with Crippen LogP contribution in [0.5, 0.6) is 0 Å². The molecule has 2 aromatic heterocycles. The van der Waals surface area contributed by atoms with Gasteiger partial charge >= 0.3 is 0 Å². The minimum Gasteiger partial charge on any atom is -0.298 e. The van der Waals surface area contributed by atoms with Crippen molar-refractivity contribution in [3.05, 3.63) is 59.2 Å². The first-order chi connectivity index (χ1) is 11.7. The first-order valence-corrected chi connectivity index (χ1v) is 8.94. The van der Waals surface area contributed by atoms with Crippen molar-refractivity contribution >= 4 is 0 Å². The Labute approximate surface area is 147 Å². The monoisotopic (exact) mass is 328 g/mol. The Bertz CT molecular complexity index is 494. The van der Waals surface area contributed by atoms with Crippen LogP contribution >= 0.6 is 0 Å². The van der Waals surface area contributed by atoms with Gasteiger partial charge in [-0.1, -0.05) is 33.8 Å². The second-order valence-corrected chi connectivity index (χ2v) is 5.60. The van der Waals surface area contributed by atoms with E-state index in [1.165, 1.54) is 22.4 Å². The van der Waals surface area contributed by atoms with Crippen molar-refractivity contribution in [3.63, 3.8) is 0 Å². The van der Waals surface area contributed by atoms with E-state index in [4.69, 9.17) is 0 Å². The van der Waals surface area contributed by atoms with Crippen LogP contribution < -0.4 is 0 Å². The molecule has 0 saturated heterocycles. The Balaban J connectivity index is 0.000000199. The van der Waals surface area contributed by atoms with Crippen molar-refractivity contribution < 1.29 is 0 Å². The van der Waals surface area contributed by atoms with Gasteiger partial charge < -0.3 is 0 Å². The molecule has 24 heavy (non-hydrogen) atoms. The van der Waals surface area contributed by atoms with Gasteiger partial charge in [-0.25, -0.2) is 0 Å². The van der Waals surface area contributed by atoms with Gasteiger partial charge in [0.15, 0.2) is 0 Å². The van der Waals surface area contributed by atoms with Gasteiger partial charge in [0.2, 0.25) is 0 Å². The van der Waals surface area contributed by atoms with E-state index in [-0.39, 0.29) is 0 Å². The third-order valence-corrected chi connectivity index (χ3v) is 3.73. The van der Waals surface area contributed by atoms with E-state index in [0.29, 0.717) is 0 Å². The minimum atomic E-state index is 1.01. The highest BCUT2D eigenvalue weighted by atomic mass is 15.1. The normalized spacial score (nSPS) is 14.9. The molecular formula is C20H32N4. The fourth-order valence-electron chi connectivity index (χ4n) is 2.75. The first kappa shape index (κ1) is 20.3. The Morgan fingerprint density at radius 2 is 1.38 bits per heavy atom. The number of pyridine rings is 2. The number of fused-ring (bicyclic) bond motifs is 2. The number of aromatic nitrogens is 2. The van der Waals surface area contributed by atoms with Gasteiger partial charge in [-0.3, -0.25) is 19.8 Å². The van der Waals surface area contributed by atoms with Crippen LogP contribution in [-0.2, 0) is 26.2 Å². The molecule has 0 aliphatic carbocycles. The highest BCUT2D eigenvalue weighted by Crippen LogP contribution is 2.18. The average Bonchev–Trinajstić information content (AvgIpc) is 3.19. The van der Waals surface area contributed by atoms with E-state index in [2.05, 4.69) is 46.0 Å². The molecule has 132 valence electrons. The Hall–Kier alpha value is -1.78. The fourth-order valence-corrected chi connectivity index (χ4v) is 2.75. The molecule has 0 N–H and O–H groups in total. The van der Waals surface area contributed by atoms with E-state index in [9.17, 15) is 0 Å². The zero-order valence-corrected chi connectivity index (χ0v) is 16.1. The van der Waals surface area contributed by atoms with Gasteiger partial charge in [0, 0.05) is 44.8 Å². The first-order valence-electron chi connectivity index (χ1n) is 8.94. The molecule has 0 amide bonds. The number of rotatable bonds is 0. The second-order valence-electron chi connectivity index (χ2n) is 5.60. The lowest BCUT2D eigenvalue weighted by molar-refractivity contribution is 0.351. The Morgan fingerprint density at radius 1 is 0.750 bits per heavy atom. The predicted octanol–water partition coefficient (Wildman–Crippen LogP) is 4.11. The third kappa shape index (κ3) is 5.69. The van der Waals surface area contributed by atoms with Crippen molar-refractivity contribution in [2.75, 3.05) is 14.1 Å². The maximum Gasteiger partial charge on any atom is 0.0588 e. The van der Waals surface area contributed by atoms with E-state index in [1.807, 2.05) is 52.4 Å². The van der Waals surface area contributed by atoms with Crippen LogP contribution in [0, 0.1) is 0 Å². The molecule has 2 aliphatic rings. The van der Waals surface area contributed by atoms with Gasteiger partial charge in [0.25, 0.3) is 0 Å². The van der Waals surface area contributed by atoms with Crippen LogP contribution in [0.4, 0.5) is 0 Å². The number of nitrogens with zero attached hydrogens (tertiary/aromatic N) is 4. The molecule has 0 bridgehead atoms. The summed E-state index contributed by atoms with van der Waals surface area (Å²) in [7, 11) is 4.24. The summed E-state index contributed by atoms with van der Waals surface area (Å²) in [6.45, 7) is 12.2. The lowest BCUT2D eigenvalue weighted by Crippen LogP contribution is -2.07. The van der Waals surface area contributed by atoms with Crippen LogP contribution in [0.1, 0.15) is 50.1 Å². The van der Waals surface area contributed by atoms with Gasteiger partial charge in [-0.15, -0.1) is 0 Å². The van der Waals surface area contributed by atoms with Crippen molar-refractivity contribution in [2.24, 2.45) is 0 Å². The summed E-state index contributed by atoms with van der Waals surface area (Å²) < 4.78 is 0. The minimum absolute atomic E-state index is 1.01.